The van der Waals surface area contributed by atoms with Crippen molar-refractivity contribution in [2.75, 3.05) is 4.81 Å². The predicted octanol–water partition coefficient (Wildman–Crippen LogP) is 12.9. The smallest absolute Gasteiger partial charge is 0.333 e. The van der Waals surface area contributed by atoms with E-state index < -0.39 is 0 Å². The van der Waals surface area contributed by atoms with Crippen LogP contribution in [0, 0.1) is 0 Å². The van der Waals surface area contributed by atoms with Gasteiger partial charge in [0.25, 0.3) is 0 Å². The van der Waals surface area contributed by atoms with Crippen LogP contribution < -0.4 is 15.7 Å². The fraction of sp³-hybridized carbons (Fsp3) is 0.160. The summed E-state index contributed by atoms with van der Waals surface area (Å²) in [5.74, 6) is 0. The van der Waals surface area contributed by atoms with Gasteiger partial charge in [0.15, 0.2) is 0 Å². The van der Waals surface area contributed by atoms with Crippen LogP contribution in [0.3, 0.4) is 0 Å². The first-order chi connectivity index (χ1) is 26.5. The average molecular weight is 727 g/mol. The summed E-state index contributed by atoms with van der Waals surface area (Å²) in [6.07, 6.45) is 0. The summed E-state index contributed by atoms with van der Waals surface area (Å²) in [6.45, 7) is 13.8. The Morgan fingerprint density at radius 2 is 1.27 bits per heavy atom. The van der Waals surface area contributed by atoms with E-state index in [0.717, 1.165) is 21.9 Å². The molecule has 3 nitrogen and oxygen atoms in total. The normalized spacial score (nSPS) is 13.9. The molecule has 7 aromatic carbocycles. The van der Waals surface area contributed by atoms with Crippen LogP contribution in [0.2, 0.25) is 0 Å². The van der Waals surface area contributed by atoms with Crippen molar-refractivity contribution in [3.8, 4) is 16.8 Å². The fourth-order valence-corrected chi connectivity index (χ4v) is 10.8. The third-order valence-electron chi connectivity index (χ3n) is 12.5. The number of benzene rings is 7. The van der Waals surface area contributed by atoms with Crippen molar-refractivity contribution < 1.29 is 4.42 Å². The van der Waals surface area contributed by atoms with Gasteiger partial charge in [0.1, 0.15) is 11.2 Å². The third-order valence-corrected chi connectivity index (χ3v) is 13.6. The second kappa shape index (κ2) is 10.5. The lowest BCUT2D eigenvalue weighted by atomic mass is 9.44. The molecule has 55 heavy (non-hydrogen) atoms. The first-order valence-corrected chi connectivity index (χ1v) is 20.3. The maximum atomic E-state index is 6.56. The number of nitrogens with zero attached hydrogens (tertiary/aromatic N) is 2. The fourth-order valence-electron chi connectivity index (χ4n) is 9.70. The number of hydrogen-bond acceptors (Lipinski definition) is 3. The molecule has 264 valence electrons. The molecule has 0 fully saturated rings. The highest BCUT2D eigenvalue weighted by atomic mass is 32.1. The van der Waals surface area contributed by atoms with Crippen LogP contribution in [0.1, 0.15) is 52.7 Å². The molecule has 0 unspecified atom stereocenters. The standard InChI is InChI=1S/C50H39BN2OS/c1-49(2,3)28-15-18-30(19-16-28)53-40-22-17-29(50(4,5)6)23-35(40)33-20-21-34-36-24-37-31-11-7-9-13-43(31)54-44(37)26-41(36)52-42-27-46-38(32-12-8-10-14-45(32)55-46)25-39(42)51(53)47(33)48(34)52/h7-27H,1-6H3. The van der Waals surface area contributed by atoms with Gasteiger partial charge in [-0.1, -0.05) is 114 Å². The number of anilines is 2. The van der Waals surface area contributed by atoms with E-state index in [1.807, 2.05) is 11.3 Å². The molecule has 10 aromatic rings. The van der Waals surface area contributed by atoms with Gasteiger partial charge < -0.3 is 13.8 Å². The zero-order chi connectivity index (χ0) is 37.1. The van der Waals surface area contributed by atoms with Crippen molar-refractivity contribution in [2.24, 2.45) is 0 Å². The molecule has 0 N–H and O–H groups in total. The molecular weight excluding hydrogens is 687 g/mol. The summed E-state index contributed by atoms with van der Waals surface area (Å²) in [5.41, 5.74) is 16.1. The lowest BCUT2D eigenvalue weighted by Gasteiger charge is -2.42. The Morgan fingerprint density at radius 1 is 0.527 bits per heavy atom. The van der Waals surface area contributed by atoms with Crippen LogP contribution >= 0.6 is 11.3 Å². The average Bonchev–Trinajstić information content (AvgIpc) is 3.83. The molecule has 0 saturated carbocycles. The first-order valence-electron chi connectivity index (χ1n) is 19.5. The van der Waals surface area contributed by atoms with Gasteiger partial charge in [-0.2, -0.15) is 0 Å². The van der Waals surface area contributed by atoms with Crippen LogP contribution in [0.15, 0.2) is 132 Å². The molecule has 0 atom stereocenters. The van der Waals surface area contributed by atoms with E-state index in [4.69, 9.17) is 4.42 Å². The number of hydrogen-bond donors (Lipinski definition) is 0. The van der Waals surface area contributed by atoms with Crippen LogP contribution in [0.25, 0.3) is 80.7 Å². The SMILES string of the molecule is CC(C)(C)c1ccc(N2B3c4cc5c(cc4-n4c6cc7oc8ccccc8c7cc6c6ccc(c3c64)-c3cc(C(C)(C)C)ccc32)sc2ccccc25)cc1. The zero-order valence-electron chi connectivity index (χ0n) is 31.9. The highest BCUT2D eigenvalue weighted by Crippen LogP contribution is 2.48. The Kier molecular flexibility index (Phi) is 6.02. The van der Waals surface area contributed by atoms with Gasteiger partial charge >= 0.3 is 6.85 Å². The Labute approximate surface area is 324 Å². The largest absolute Gasteiger partial charge is 0.456 e. The molecule has 0 bridgehead atoms. The Bertz CT molecular complexity index is 3290. The molecule has 2 aliphatic heterocycles. The van der Waals surface area contributed by atoms with Crippen LogP contribution in [-0.4, -0.2) is 11.4 Å². The highest BCUT2D eigenvalue weighted by Gasteiger charge is 2.44. The van der Waals surface area contributed by atoms with Crippen molar-refractivity contribution >= 4 is 104 Å². The monoisotopic (exact) mass is 726 g/mol. The van der Waals surface area contributed by atoms with Gasteiger partial charge in [-0.25, -0.2) is 0 Å². The molecule has 5 heteroatoms. The van der Waals surface area contributed by atoms with Gasteiger partial charge in [-0.3, -0.25) is 0 Å². The Hall–Kier alpha value is -5.78. The maximum absolute atomic E-state index is 6.56. The van der Waals surface area contributed by atoms with E-state index in [1.165, 1.54) is 92.2 Å². The first kappa shape index (κ1) is 31.6. The molecule has 0 amide bonds. The minimum atomic E-state index is -0.0362. The lowest BCUT2D eigenvalue weighted by Crippen LogP contribution is -2.60. The van der Waals surface area contributed by atoms with Crippen LogP contribution in [0.4, 0.5) is 11.4 Å². The lowest BCUT2D eigenvalue weighted by molar-refractivity contribution is 0.590. The topological polar surface area (TPSA) is 21.3 Å². The molecule has 0 radical (unpaired) electrons. The number of furan rings is 1. The molecule has 12 rings (SSSR count). The molecular formula is C50H39BN2OS. The maximum Gasteiger partial charge on any atom is 0.333 e. The number of rotatable bonds is 1. The van der Waals surface area contributed by atoms with Gasteiger partial charge in [0.2, 0.25) is 0 Å². The van der Waals surface area contributed by atoms with Crippen LogP contribution in [-0.2, 0) is 10.8 Å². The number of thiophene rings is 1. The minimum absolute atomic E-state index is 0.0103. The molecule has 0 saturated heterocycles. The van der Waals surface area contributed by atoms with Crippen molar-refractivity contribution in [2.45, 2.75) is 52.4 Å². The minimum Gasteiger partial charge on any atom is -0.456 e. The summed E-state index contributed by atoms with van der Waals surface area (Å²) in [6, 6.07) is 48.4. The molecule has 2 aliphatic rings. The van der Waals surface area contributed by atoms with Gasteiger partial charge in [0, 0.05) is 70.4 Å². The second-order valence-electron chi connectivity index (χ2n) is 17.8. The number of para-hydroxylation sites is 1. The van der Waals surface area contributed by atoms with E-state index in [1.54, 1.807) is 0 Å². The van der Waals surface area contributed by atoms with Gasteiger partial charge in [-0.15, -0.1) is 11.3 Å². The number of fused-ring (bicyclic) bond motifs is 14. The molecule has 5 heterocycles. The van der Waals surface area contributed by atoms with Gasteiger partial charge in [-0.05, 0) is 87.0 Å². The molecule has 3 aromatic heterocycles. The number of aromatic nitrogens is 1. The Morgan fingerprint density at radius 3 is 2.07 bits per heavy atom. The van der Waals surface area contributed by atoms with Crippen molar-refractivity contribution in [3.05, 3.63) is 139 Å². The Balaban J connectivity index is 1.26. The summed E-state index contributed by atoms with van der Waals surface area (Å²) in [5, 5.41) is 7.51. The summed E-state index contributed by atoms with van der Waals surface area (Å²) >= 11 is 1.89. The quantitative estimate of drug-likeness (QED) is 0.157. The van der Waals surface area contributed by atoms with E-state index in [9.17, 15) is 0 Å². The zero-order valence-corrected chi connectivity index (χ0v) is 32.7. The van der Waals surface area contributed by atoms with E-state index >= 15 is 0 Å². The molecule has 0 spiro atoms. The predicted molar refractivity (Wildman–Crippen MR) is 237 cm³/mol. The van der Waals surface area contributed by atoms with Gasteiger partial charge in [0.05, 0.1) is 11.0 Å². The van der Waals surface area contributed by atoms with Crippen molar-refractivity contribution in [3.63, 3.8) is 0 Å². The highest BCUT2D eigenvalue weighted by molar-refractivity contribution is 7.25. The van der Waals surface area contributed by atoms with E-state index in [-0.39, 0.29) is 17.7 Å². The van der Waals surface area contributed by atoms with Crippen molar-refractivity contribution in [1.29, 1.82) is 0 Å². The second-order valence-corrected chi connectivity index (χ2v) is 18.9. The summed E-state index contributed by atoms with van der Waals surface area (Å²) < 4.78 is 11.8. The molecule has 0 aliphatic carbocycles. The van der Waals surface area contributed by atoms with E-state index in [2.05, 4.69) is 178 Å². The van der Waals surface area contributed by atoms with Crippen molar-refractivity contribution in [1.82, 2.24) is 4.57 Å². The summed E-state index contributed by atoms with van der Waals surface area (Å²) in [4.78, 5) is 2.65. The van der Waals surface area contributed by atoms with Crippen LogP contribution in [0.5, 0.6) is 0 Å². The third kappa shape index (κ3) is 4.22. The van der Waals surface area contributed by atoms with E-state index in [0.29, 0.717) is 0 Å². The summed E-state index contributed by atoms with van der Waals surface area (Å²) in [7, 11) is 0.